The monoisotopic (exact) mass is 374 g/mol. The molecule has 0 radical (unpaired) electrons. The van der Waals surface area contributed by atoms with Crippen LogP contribution >= 0.6 is 0 Å². The molecule has 3 rings (SSSR count). The number of carbonyl (C=O) groups excluding carboxylic acids is 1. The Morgan fingerprint density at radius 1 is 1.19 bits per heavy atom. The fourth-order valence-corrected chi connectivity index (χ4v) is 4.87. The van der Waals surface area contributed by atoms with Crippen LogP contribution in [-0.2, 0) is 27.7 Å². The van der Waals surface area contributed by atoms with Gasteiger partial charge in [-0.2, -0.15) is 0 Å². The molecule has 1 amide bonds. The van der Waals surface area contributed by atoms with Gasteiger partial charge in [-0.1, -0.05) is 36.4 Å². The molecule has 2 aromatic rings. The molecule has 1 saturated heterocycles. The highest BCUT2D eigenvalue weighted by Gasteiger charge is 2.35. The maximum absolute atomic E-state index is 13.1. The first kappa shape index (κ1) is 18.5. The van der Waals surface area contributed by atoms with Gasteiger partial charge in [-0.3, -0.25) is 4.79 Å². The van der Waals surface area contributed by atoms with Crippen molar-refractivity contribution >= 4 is 15.7 Å². The van der Waals surface area contributed by atoms with Gasteiger partial charge < -0.3 is 9.64 Å². The zero-order valence-corrected chi connectivity index (χ0v) is 15.5. The van der Waals surface area contributed by atoms with E-state index in [4.69, 9.17) is 4.74 Å². The number of nitrogens with zero attached hydrogens (tertiary/aromatic N) is 2. The second-order valence-corrected chi connectivity index (χ2v) is 8.65. The Kier molecular flexibility index (Phi) is 5.68. The van der Waals surface area contributed by atoms with Crippen LogP contribution in [0.5, 0.6) is 0 Å². The van der Waals surface area contributed by atoms with Crippen LogP contribution in [0.1, 0.15) is 28.2 Å². The van der Waals surface area contributed by atoms with E-state index in [2.05, 4.69) is 4.98 Å². The van der Waals surface area contributed by atoms with E-state index < -0.39 is 9.84 Å². The van der Waals surface area contributed by atoms with E-state index in [-0.39, 0.29) is 23.5 Å². The average Bonchev–Trinajstić information content (AvgIpc) is 3.00. The van der Waals surface area contributed by atoms with Crippen molar-refractivity contribution in [2.75, 3.05) is 18.6 Å². The van der Waals surface area contributed by atoms with Crippen molar-refractivity contribution in [3.63, 3.8) is 0 Å². The van der Waals surface area contributed by atoms with Gasteiger partial charge in [-0.05, 0) is 24.1 Å². The summed E-state index contributed by atoms with van der Waals surface area (Å²) in [5, 5.41) is 0. The Balaban J connectivity index is 1.89. The summed E-state index contributed by atoms with van der Waals surface area (Å²) in [7, 11) is -1.53. The minimum absolute atomic E-state index is 0.00331. The van der Waals surface area contributed by atoms with E-state index in [9.17, 15) is 13.2 Å². The molecule has 0 N–H and O–H groups in total. The number of aromatic nitrogens is 1. The largest absolute Gasteiger partial charge is 0.378 e. The Labute approximate surface area is 153 Å². The van der Waals surface area contributed by atoms with Gasteiger partial charge in [0.1, 0.15) is 5.69 Å². The van der Waals surface area contributed by atoms with Crippen molar-refractivity contribution in [2.45, 2.75) is 25.6 Å². The molecule has 0 bridgehead atoms. The summed E-state index contributed by atoms with van der Waals surface area (Å²) in [6.45, 7) is 0.674. The number of benzene rings is 1. The van der Waals surface area contributed by atoms with Crippen LogP contribution in [0.25, 0.3) is 0 Å². The molecule has 7 heteroatoms. The van der Waals surface area contributed by atoms with Gasteiger partial charge in [-0.15, -0.1) is 0 Å². The van der Waals surface area contributed by atoms with Crippen LogP contribution in [0.4, 0.5) is 0 Å². The first-order valence-electron chi connectivity index (χ1n) is 8.49. The molecular weight excluding hydrogens is 352 g/mol. The third kappa shape index (κ3) is 4.47. The Hall–Kier alpha value is -2.25. The van der Waals surface area contributed by atoms with Crippen LogP contribution in [0, 0.1) is 0 Å². The lowest BCUT2D eigenvalue weighted by Crippen LogP contribution is -2.41. The predicted molar refractivity (Wildman–Crippen MR) is 98.3 cm³/mol. The topological polar surface area (TPSA) is 76.6 Å². The number of pyridine rings is 1. The molecule has 138 valence electrons. The third-order valence-electron chi connectivity index (χ3n) is 4.42. The number of hydrogen-bond donors (Lipinski definition) is 0. The number of sulfone groups is 1. The highest BCUT2D eigenvalue weighted by molar-refractivity contribution is 7.91. The molecule has 0 spiro atoms. The van der Waals surface area contributed by atoms with Gasteiger partial charge >= 0.3 is 0 Å². The van der Waals surface area contributed by atoms with Crippen LogP contribution < -0.4 is 0 Å². The molecule has 1 aromatic heterocycles. The minimum atomic E-state index is -3.10. The smallest absolute Gasteiger partial charge is 0.273 e. The van der Waals surface area contributed by atoms with E-state index in [0.29, 0.717) is 31.0 Å². The van der Waals surface area contributed by atoms with Crippen LogP contribution in [-0.4, -0.2) is 48.9 Å². The van der Waals surface area contributed by atoms with E-state index in [1.165, 1.54) is 0 Å². The van der Waals surface area contributed by atoms with Crippen molar-refractivity contribution in [3.8, 4) is 0 Å². The second-order valence-electron chi connectivity index (χ2n) is 6.42. The van der Waals surface area contributed by atoms with Crippen molar-refractivity contribution < 1.29 is 17.9 Å². The molecule has 0 aliphatic carbocycles. The molecule has 0 saturated carbocycles. The van der Waals surface area contributed by atoms with E-state index in [1.807, 2.05) is 30.3 Å². The molecular formula is C19H22N2O4S. The fraction of sp³-hybridized carbons (Fsp3) is 0.368. The molecule has 26 heavy (non-hydrogen) atoms. The average molecular weight is 374 g/mol. The Morgan fingerprint density at radius 3 is 2.62 bits per heavy atom. The highest BCUT2D eigenvalue weighted by Crippen LogP contribution is 2.22. The quantitative estimate of drug-likeness (QED) is 0.773. The van der Waals surface area contributed by atoms with Gasteiger partial charge in [0, 0.05) is 19.7 Å². The second kappa shape index (κ2) is 7.97. The number of carbonyl (C=O) groups is 1. The summed E-state index contributed by atoms with van der Waals surface area (Å²) in [4.78, 5) is 19.1. The number of amides is 1. The third-order valence-corrected chi connectivity index (χ3v) is 6.17. The fourth-order valence-electron chi connectivity index (χ4n) is 3.14. The first-order chi connectivity index (χ1) is 12.5. The van der Waals surface area contributed by atoms with Gasteiger partial charge in [-0.25, -0.2) is 13.4 Å². The molecule has 1 aromatic carbocycles. The number of ether oxygens (including phenoxy) is 1. The summed E-state index contributed by atoms with van der Waals surface area (Å²) < 4.78 is 28.9. The number of methoxy groups -OCH3 is 1. The summed E-state index contributed by atoms with van der Waals surface area (Å²) in [5.74, 6) is -0.134. The minimum Gasteiger partial charge on any atom is -0.378 e. The highest BCUT2D eigenvalue weighted by atomic mass is 32.2. The van der Waals surface area contributed by atoms with Gasteiger partial charge in [0.25, 0.3) is 5.91 Å². The van der Waals surface area contributed by atoms with Crippen molar-refractivity contribution in [1.82, 2.24) is 9.88 Å². The summed E-state index contributed by atoms with van der Waals surface area (Å²) >= 11 is 0. The van der Waals surface area contributed by atoms with Gasteiger partial charge in [0.15, 0.2) is 9.84 Å². The predicted octanol–water partition coefficient (Wildman–Crippen LogP) is 2.06. The van der Waals surface area contributed by atoms with E-state index in [0.717, 1.165) is 5.56 Å². The molecule has 1 aliphatic heterocycles. The molecule has 6 nitrogen and oxygen atoms in total. The van der Waals surface area contributed by atoms with Crippen LogP contribution in [0.2, 0.25) is 0 Å². The molecule has 1 unspecified atom stereocenters. The summed E-state index contributed by atoms with van der Waals surface area (Å²) in [6.07, 6.45) is 0.457. The lowest BCUT2D eigenvalue weighted by molar-refractivity contribution is 0.0674. The number of hydrogen-bond acceptors (Lipinski definition) is 5. The van der Waals surface area contributed by atoms with E-state index >= 15 is 0 Å². The maximum atomic E-state index is 13.1. The first-order valence-corrected chi connectivity index (χ1v) is 10.3. The summed E-state index contributed by atoms with van der Waals surface area (Å²) in [5.41, 5.74) is 1.93. The lowest BCUT2D eigenvalue weighted by Gasteiger charge is -2.28. The molecule has 1 aliphatic rings. The summed E-state index contributed by atoms with van der Waals surface area (Å²) in [6, 6.07) is 14.5. The zero-order chi connectivity index (χ0) is 18.6. The van der Waals surface area contributed by atoms with E-state index in [1.54, 1.807) is 30.2 Å². The lowest BCUT2D eigenvalue weighted by atomic mass is 10.1. The van der Waals surface area contributed by atoms with Crippen molar-refractivity contribution in [3.05, 3.63) is 65.5 Å². The Morgan fingerprint density at radius 2 is 1.96 bits per heavy atom. The van der Waals surface area contributed by atoms with Crippen LogP contribution in [0.3, 0.4) is 0 Å². The zero-order valence-electron chi connectivity index (χ0n) is 14.7. The van der Waals surface area contributed by atoms with Gasteiger partial charge in [0.05, 0.1) is 23.8 Å². The SMILES string of the molecule is COCc1cccc(C(=O)N(Cc2ccccc2)C2CCS(=O)(=O)C2)n1. The van der Waals surface area contributed by atoms with Gasteiger partial charge in [0.2, 0.25) is 0 Å². The number of rotatable bonds is 6. The van der Waals surface area contributed by atoms with Crippen LogP contribution in [0.15, 0.2) is 48.5 Å². The normalized spacial score (nSPS) is 18.6. The molecule has 1 atom stereocenters. The molecule has 1 fully saturated rings. The Bertz CT molecular complexity index is 868. The maximum Gasteiger partial charge on any atom is 0.273 e. The van der Waals surface area contributed by atoms with Crippen molar-refractivity contribution in [2.24, 2.45) is 0 Å². The van der Waals surface area contributed by atoms with Crippen molar-refractivity contribution in [1.29, 1.82) is 0 Å². The standard InChI is InChI=1S/C19H22N2O4S/c1-25-13-16-8-5-9-18(20-16)19(22)21(12-15-6-3-2-4-7-15)17-10-11-26(23,24)14-17/h2-9,17H,10-14H2,1H3. The molecule has 2 heterocycles.